The van der Waals surface area contributed by atoms with E-state index in [0.29, 0.717) is 0 Å². The lowest BCUT2D eigenvalue weighted by molar-refractivity contribution is 0.797. The van der Waals surface area contributed by atoms with Gasteiger partial charge in [-0.15, -0.1) is 0 Å². The standard InChI is InChI=1S/C60H36N2/c1-2-16-42(17-3-1)62-54-28-13-12-27-53(54)61-59(62)39-32-29-38(30-33-39)55-45-20-4-6-22-47(45)56(48-23-7-5-21-46(48)55)41-35-40-34-31-37-15-14-26-51-57(37)58(40)52(36-41)60(51)49-24-10-8-18-43(49)44-19-9-11-25-50(44)60/h1-36H. The van der Waals surface area contributed by atoms with Crippen LogP contribution < -0.4 is 0 Å². The van der Waals surface area contributed by atoms with E-state index in [9.17, 15) is 0 Å². The molecule has 0 saturated carbocycles. The first-order chi connectivity index (χ1) is 30.8. The summed E-state index contributed by atoms with van der Waals surface area (Å²) in [6.07, 6.45) is 0. The van der Waals surface area contributed by atoms with Crippen molar-refractivity contribution in [3.63, 3.8) is 0 Å². The molecule has 2 aliphatic rings. The predicted octanol–water partition coefficient (Wildman–Crippen LogP) is 15.3. The Labute approximate surface area is 358 Å². The quantitative estimate of drug-likeness (QED) is 0.128. The molecule has 0 amide bonds. The van der Waals surface area contributed by atoms with E-state index < -0.39 is 5.41 Å². The van der Waals surface area contributed by atoms with Crippen molar-refractivity contribution < 1.29 is 0 Å². The highest BCUT2D eigenvalue weighted by molar-refractivity contribution is 6.24. The molecular weight excluding hydrogens is 749 g/mol. The first kappa shape index (κ1) is 33.7. The van der Waals surface area contributed by atoms with Gasteiger partial charge in [0.2, 0.25) is 0 Å². The van der Waals surface area contributed by atoms with Gasteiger partial charge >= 0.3 is 0 Å². The van der Waals surface area contributed by atoms with E-state index >= 15 is 0 Å². The lowest BCUT2D eigenvalue weighted by Crippen LogP contribution is -2.26. The second kappa shape index (κ2) is 12.5. The van der Waals surface area contributed by atoms with E-state index in [1.807, 2.05) is 0 Å². The second-order valence-electron chi connectivity index (χ2n) is 16.9. The van der Waals surface area contributed by atoms with Crippen LogP contribution in [0.15, 0.2) is 218 Å². The molecule has 62 heavy (non-hydrogen) atoms. The molecule has 0 N–H and O–H groups in total. The van der Waals surface area contributed by atoms with Gasteiger partial charge in [-0.3, -0.25) is 4.57 Å². The van der Waals surface area contributed by atoms with Crippen molar-refractivity contribution in [1.29, 1.82) is 0 Å². The van der Waals surface area contributed by atoms with Crippen LogP contribution in [0.5, 0.6) is 0 Å². The first-order valence-corrected chi connectivity index (χ1v) is 21.5. The van der Waals surface area contributed by atoms with Crippen molar-refractivity contribution in [3.8, 4) is 50.5 Å². The van der Waals surface area contributed by atoms with E-state index in [0.717, 1.165) is 28.1 Å². The van der Waals surface area contributed by atoms with Crippen LogP contribution in [0.25, 0.3) is 105 Å². The maximum absolute atomic E-state index is 5.17. The third-order valence-corrected chi connectivity index (χ3v) is 13.9. The Morgan fingerprint density at radius 2 is 0.887 bits per heavy atom. The monoisotopic (exact) mass is 784 g/mol. The first-order valence-electron chi connectivity index (χ1n) is 21.5. The third kappa shape index (κ3) is 4.35. The molecule has 0 radical (unpaired) electrons. The maximum Gasteiger partial charge on any atom is 0.145 e. The van der Waals surface area contributed by atoms with Crippen molar-refractivity contribution in [1.82, 2.24) is 9.55 Å². The van der Waals surface area contributed by atoms with E-state index in [2.05, 4.69) is 223 Å². The summed E-state index contributed by atoms with van der Waals surface area (Å²) in [6.45, 7) is 0. The van der Waals surface area contributed by atoms with E-state index in [1.165, 1.54) is 98.7 Å². The van der Waals surface area contributed by atoms with Crippen molar-refractivity contribution >= 4 is 54.1 Å². The normalized spacial score (nSPS) is 13.3. The Kier molecular flexibility index (Phi) is 6.79. The molecule has 2 aliphatic carbocycles. The Hall–Kier alpha value is -8.07. The van der Waals surface area contributed by atoms with Gasteiger partial charge in [0.15, 0.2) is 0 Å². The van der Waals surface area contributed by atoms with Gasteiger partial charge in [0.25, 0.3) is 0 Å². The fourth-order valence-electron chi connectivity index (χ4n) is 11.6. The summed E-state index contributed by atoms with van der Waals surface area (Å²) in [5, 5.41) is 10.3. The molecular formula is C60H36N2. The number of hydrogen-bond acceptors (Lipinski definition) is 1. The minimum Gasteiger partial charge on any atom is -0.292 e. The molecule has 11 aromatic carbocycles. The molecule has 286 valence electrons. The number of nitrogens with zero attached hydrogens (tertiary/aromatic N) is 2. The third-order valence-electron chi connectivity index (χ3n) is 13.9. The summed E-state index contributed by atoms with van der Waals surface area (Å²) in [7, 11) is 0. The Bertz CT molecular complexity index is 3750. The molecule has 1 heterocycles. The molecule has 1 aromatic heterocycles. The summed E-state index contributed by atoms with van der Waals surface area (Å²) in [5.41, 5.74) is 17.0. The molecule has 0 fully saturated rings. The minimum atomic E-state index is -0.418. The Morgan fingerprint density at radius 3 is 1.58 bits per heavy atom. The molecule has 0 aliphatic heterocycles. The highest BCUT2D eigenvalue weighted by Gasteiger charge is 2.50. The van der Waals surface area contributed by atoms with Crippen molar-refractivity contribution in [2.75, 3.05) is 0 Å². The lowest BCUT2D eigenvalue weighted by atomic mass is 9.69. The molecule has 0 saturated heterocycles. The SMILES string of the molecule is c1ccc(-n2c(-c3ccc(-c4c5ccccc5c(-c5cc6c7c(ccc8cccc(c87)C67c6ccccc6-c6ccccc67)c5)c5ccccc45)cc3)nc3ccccc32)cc1. The van der Waals surface area contributed by atoms with Gasteiger partial charge in [0.05, 0.1) is 16.4 Å². The average Bonchev–Trinajstić information content (AvgIpc) is 3.98. The molecule has 2 heteroatoms. The van der Waals surface area contributed by atoms with E-state index in [1.54, 1.807) is 0 Å². The van der Waals surface area contributed by atoms with Gasteiger partial charge in [0, 0.05) is 11.3 Å². The zero-order valence-corrected chi connectivity index (χ0v) is 33.7. The van der Waals surface area contributed by atoms with E-state index in [4.69, 9.17) is 4.98 Å². The summed E-state index contributed by atoms with van der Waals surface area (Å²) in [5.74, 6) is 0.934. The van der Waals surface area contributed by atoms with Crippen LogP contribution in [0.1, 0.15) is 22.3 Å². The molecule has 0 bridgehead atoms. The van der Waals surface area contributed by atoms with Gasteiger partial charge in [0.1, 0.15) is 5.82 Å². The summed E-state index contributed by atoms with van der Waals surface area (Å²) < 4.78 is 2.27. The fraction of sp³-hybridized carbons (Fsp3) is 0.0167. The van der Waals surface area contributed by atoms with Crippen LogP contribution in [-0.4, -0.2) is 9.55 Å². The number of para-hydroxylation sites is 3. The van der Waals surface area contributed by atoms with Crippen LogP contribution in [0.2, 0.25) is 0 Å². The van der Waals surface area contributed by atoms with Gasteiger partial charge in [-0.05, 0) is 135 Å². The smallest absolute Gasteiger partial charge is 0.145 e. The van der Waals surface area contributed by atoms with Crippen molar-refractivity contribution in [2.45, 2.75) is 5.41 Å². The van der Waals surface area contributed by atoms with Crippen LogP contribution in [0.4, 0.5) is 0 Å². The van der Waals surface area contributed by atoms with Gasteiger partial charge in [-0.2, -0.15) is 0 Å². The van der Waals surface area contributed by atoms with Gasteiger partial charge in [-0.25, -0.2) is 4.98 Å². The van der Waals surface area contributed by atoms with Crippen LogP contribution in [-0.2, 0) is 5.41 Å². The van der Waals surface area contributed by atoms with E-state index in [-0.39, 0.29) is 0 Å². The molecule has 2 nitrogen and oxygen atoms in total. The molecule has 1 spiro atoms. The number of rotatable bonds is 4. The van der Waals surface area contributed by atoms with Crippen molar-refractivity contribution in [2.24, 2.45) is 0 Å². The number of hydrogen-bond donors (Lipinski definition) is 0. The number of benzene rings is 11. The summed E-state index contributed by atoms with van der Waals surface area (Å²) >= 11 is 0. The van der Waals surface area contributed by atoms with Crippen molar-refractivity contribution in [3.05, 3.63) is 241 Å². The minimum absolute atomic E-state index is 0.418. The number of aromatic nitrogens is 2. The topological polar surface area (TPSA) is 17.8 Å². The zero-order chi connectivity index (χ0) is 40.5. The number of fused-ring (bicyclic) bond motifs is 10. The molecule has 0 unspecified atom stereocenters. The largest absolute Gasteiger partial charge is 0.292 e. The van der Waals surface area contributed by atoms with Crippen LogP contribution in [0, 0.1) is 0 Å². The Balaban J connectivity index is 1.01. The maximum atomic E-state index is 5.17. The summed E-state index contributed by atoms with van der Waals surface area (Å²) in [4.78, 5) is 5.17. The highest BCUT2D eigenvalue weighted by atomic mass is 15.1. The lowest BCUT2D eigenvalue weighted by Gasteiger charge is -2.31. The summed E-state index contributed by atoms with van der Waals surface area (Å²) in [6, 6.07) is 80.9. The van der Waals surface area contributed by atoms with Crippen LogP contribution in [0.3, 0.4) is 0 Å². The Morgan fingerprint density at radius 1 is 0.355 bits per heavy atom. The zero-order valence-electron chi connectivity index (χ0n) is 33.7. The second-order valence-corrected chi connectivity index (χ2v) is 16.9. The predicted molar refractivity (Wildman–Crippen MR) is 258 cm³/mol. The number of imidazole rings is 1. The molecule has 12 aromatic rings. The molecule has 14 rings (SSSR count). The van der Waals surface area contributed by atoms with Gasteiger partial charge in [-0.1, -0.05) is 182 Å². The molecule has 0 atom stereocenters. The van der Waals surface area contributed by atoms with Gasteiger partial charge < -0.3 is 0 Å². The van der Waals surface area contributed by atoms with Crippen LogP contribution >= 0.6 is 0 Å². The fourth-order valence-corrected chi connectivity index (χ4v) is 11.6. The average molecular weight is 785 g/mol. The highest BCUT2D eigenvalue weighted by Crippen LogP contribution is 2.63.